The maximum absolute atomic E-state index is 13.4. The second-order valence-electron chi connectivity index (χ2n) is 3.83. The molecule has 2 bridgehead atoms. The van der Waals surface area contributed by atoms with E-state index >= 15 is 0 Å². The van der Waals surface area contributed by atoms with E-state index in [1.165, 1.54) is 4.90 Å². The van der Waals surface area contributed by atoms with E-state index < -0.39 is 24.3 Å². The van der Waals surface area contributed by atoms with Crippen LogP contribution >= 0.6 is 0 Å². The van der Waals surface area contributed by atoms with Crippen molar-refractivity contribution in [2.45, 2.75) is 43.6 Å². The molecule has 0 radical (unpaired) electrons. The summed E-state index contributed by atoms with van der Waals surface area (Å²) in [6, 6.07) is -1.02. The van der Waals surface area contributed by atoms with E-state index in [4.69, 9.17) is 10.8 Å². The fraction of sp³-hybridized carbons (Fsp3) is 0.875. The molecule has 0 saturated carbocycles. The van der Waals surface area contributed by atoms with Crippen molar-refractivity contribution < 1.29 is 14.3 Å². The third kappa shape index (κ3) is 1.18. The molecule has 0 aromatic heterocycles. The molecule has 2 heterocycles. The number of carboxylic acid groups (broad SMARTS) is 1. The maximum Gasteiger partial charge on any atom is 0.407 e. The lowest BCUT2D eigenvalue weighted by atomic mass is 9.97. The molecule has 4 unspecified atom stereocenters. The van der Waals surface area contributed by atoms with Gasteiger partial charge in [0.1, 0.15) is 6.17 Å². The first-order valence-electron chi connectivity index (χ1n) is 4.52. The first kappa shape index (κ1) is 8.74. The van der Waals surface area contributed by atoms with Gasteiger partial charge in [-0.1, -0.05) is 0 Å². The summed E-state index contributed by atoms with van der Waals surface area (Å²) in [6.07, 6.45) is -0.363. The van der Waals surface area contributed by atoms with Crippen LogP contribution in [-0.4, -0.2) is 40.4 Å². The van der Waals surface area contributed by atoms with Crippen LogP contribution in [-0.2, 0) is 0 Å². The topological polar surface area (TPSA) is 66.6 Å². The number of fused-ring (bicyclic) bond motifs is 2. The zero-order valence-corrected chi connectivity index (χ0v) is 7.19. The quantitative estimate of drug-likeness (QED) is 0.584. The van der Waals surface area contributed by atoms with Crippen LogP contribution in [0.5, 0.6) is 0 Å². The number of piperidine rings is 1. The van der Waals surface area contributed by atoms with Crippen molar-refractivity contribution >= 4 is 6.09 Å². The molecule has 3 N–H and O–H groups in total. The SMILES string of the molecule is NC1CC2CCC(C1F)N2C(=O)O. The smallest absolute Gasteiger partial charge is 0.407 e. The molecule has 0 aromatic rings. The zero-order chi connectivity index (χ0) is 9.59. The number of nitrogens with two attached hydrogens (primary N) is 1. The minimum absolute atomic E-state index is 0.0514. The number of alkyl halides is 1. The molecule has 2 rings (SSSR count). The van der Waals surface area contributed by atoms with Gasteiger partial charge in [-0.05, 0) is 19.3 Å². The standard InChI is InChI=1S/C8H13FN2O2/c9-7-5(10)3-4-1-2-6(7)11(4)8(12)13/h4-7H,1-3,10H2,(H,12,13). The summed E-state index contributed by atoms with van der Waals surface area (Å²) in [4.78, 5) is 12.0. The predicted molar refractivity (Wildman–Crippen MR) is 44.2 cm³/mol. The number of hydrogen-bond donors (Lipinski definition) is 2. The number of rotatable bonds is 0. The van der Waals surface area contributed by atoms with E-state index in [-0.39, 0.29) is 6.04 Å². The molecule has 2 aliphatic rings. The third-order valence-corrected chi connectivity index (χ3v) is 3.09. The highest BCUT2D eigenvalue weighted by Crippen LogP contribution is 2.36. The number of nitrogens with zero attached hydrogens (tertiary/aromatic N) is 1. The molecule has 0 aromatic carbocycles. The molecule has 5 heteroatoms. The summed E-state index contributed by atoms with van der Waals surface area (Å²) in [6.45, 7) is 0. The van der Waals surface area contributed by atoms with Gasteiger partial charge in [-0.15, -0.1) is 0 Å². The Bertz CT molecular complexity index is 236. The average Bonchev–Trinajstić information content (AvgIpc) is 2.40. The lowest BCUT2D eigenvalue weighted by Gasteiger charge is -2.38. The van der Waals surface area contributed by atoms with E-state index in [2.05, 4.69) is 0 Å². The minimum atomic E-state index is -1.19. The van der Waals surface area contributed by atoms with Crippen LogP contribution in [0.1, 0.15) is 19.3 Å². The van der Waals surface area contributed by atoms with Gasteiger partial charge in [0.05, 0.1) is 6.04 Å². The molecule has 1 amide bonds. The van der Waals surface area contributed by atoms with Crippen LogP contribution < -0.4 is 5.73 Å². The Balaban J connectivity index is 2.21. The lowest BCUT2D eigenvalue weighted by Crippen LogP contribution is -2.56. The Labute approximate surface area is 75.5 Å². The van der Waals surface area contributed by atoms with Crippen molar-refractivity contribution in [3.8, 4) is 0 Å². The second kappa shape index (κ2) is 2.83. The highest BCUT2D eigenvalue weighted by atomic mass is 19.1. The fourth-order valence-electron chi connectivity index (χ4n) is 2.48. The van der Waals surface area contributed by atoms with Gasteiger partial charge in [0.15, 0.2) is 0 Å². The molecule has 2 saturated heterocycles. The van der Waals surface area contributed by atoms with Gasteiger partial charge in [-0.2, -0.15) is 0 Å². The van der Waals surface area contributed by atoms with E-state index in [9.17, 15) is 9.18 Å². The Morgan fingerprint density at radius 1 is 1.54 bits per heavy atom. The largest absolute Gasteiger partial charge is 0.465 e. The van der Waals surface area contributed by atoms with E-state index in [1.54, 1.807) is 0 Å². The van der Waals surface area contributed by atoms with Gasteiger partial charge in [-0.3, -0.25) is 4.90 Å². The predicted octanol–water partition coefficient (Wildman–Crippen LogP) is 0.567. The van der Waals surface area contributed by atoms with Crippen molar-refractivity contribution in [2.75, 3.05) is 0 Å². The van der Waals surface area contributed by atoms with Crippen LogP contribution in [0.25, 0.3) is 0 Å². The number of carbonyl (C=O) groups is 1. The van der Waals surface area contributed by atoms with Gasteiger partial charge in [0.25, 0.3) is 0 Å². The van der Waals surface area contributed by atoms with E-state index in [0.717, 1.165) is 6.42 Å². The first-order valence-corrected chi connectivity index (χ1v) is 4.52. The van der Waals surface area contributed by atoms with E-state index in [1.807, 2.05) is 0 Å². The first-order chi connectivity index (χ1) is 6.11. The lowest BCUT2D eigenvalue weighted by molar-refractivity contribution is 0.0503. The van der Waals surface area contributed by atoms with Crippen molar-refractivity contribution in [2.24, 2.45) is 5.73 Å². The maximum atomic E-state index is 13.4. The van der Waals surface area contributed by atoms with Crippen LogP contribution in [0.2, 0.25) is 0 Å². The highest BCUT2D eigenvalue weighted by molar-refractivity contribution is 5.66. The molecule has 0 aliphatic carbocycles. The van der Waals surface area contributed by atoms with Gasteiger partial charge in [0, 0.05) is 12.1 Å². The second-order valence-corrected chi connectivity index (χ2v) is 3.83. The Hall–Kier alpha value is -0.840. The van der Waals surface area contributed by atoms with Crippen LogP contribution in [0, 0.1) is 0 Å². The van der Waals surface area contributed by atoms with E-state index in [0.29, 0.717) is 12.8 Å². The third-order valence-electron chi connectivity index (χ3n) is 3.09. The monoisotopic (exact) mass is 188 g/mol. The Kier molecular flexibility index (Phi) is 1.91. The fourth-order valence-corrected chi connectivity index (χ4v) is 2.48. The van der Waals surface area contributed by atoms with Crippen molar-refractivity contribution in [1.29, 1.82) is 0 Å². The molecule has 74 valence electrons. The van der Waals surface area contributed by atoms with Crippen molar-refractivity contribution in [3.05, 3.63) is 0 Å². The number of amides is 1. The van der Waals surface area contributed by atoms with Crippen molar-refractivity contribution in [3.63, 3.8) is 0 Å². The zero-order valence-electron chi connectivity index (χ0n) is 7.19. The summed E-state index contributed by atoms with van der Waals surface area (Å²) in [5, 5.41) is 8.84. The molecule has 4 atom stereocenters. The molecular weight excluding hydrogens is 175 g/mol. The van der Waals surface area contributed by atoms with Gasteiger partial charge >= 0.3 is 6.09 Å². The molecule has 13 heavy (non-hydrogen) atoms. The molecule has 4 nitrogen and oxygen atoms in total. The Morgan fingerprint density at radius 2 is 2.23 bits per heavy atom. The van der Waals surface area contributed by atoms with Gasteiger partial charge in [0.2, 0.25) is 0 Å². The summed E-state index contributed by atoms with van der Waals surface area (Å²) in [7, 11) is 0. The van der Waals surface area contributed by atoms with Crippen LogP contribution in [0.4, 0.5) is 9.18 Å². The van der Waals surface area contributed by atoms with Crippen molar-refractivity contribution in [1.82, 2.24) is 4.90 Å². The summed E-state index contributed by atoms with van der Waals surface area (Å²) < 4.78 is 13.4. The Morgan fingerprint density at radius 3 is 2.85 bits per heavy atom. The minimum Gasteiger partial charge on any atom is -0.465 e. The highest BCUT2D eigenvalue weighted by Gasteiger charge is 2.48. The normalized spacial score (nSPS) is 43.7. The van der Waals surface area contributed by atoms with Gasteiger partial charge in [-0.25, -0.2) is 9.18 Å². The summed E-state index contributed by atoms with van der Waals surface area (Å²) >= 11 is 0. The van der Waals surface area contributed by atoms with Crippen LogP contribution in [0.3, 0.4) is 0 Å². The summed E-state index contributed by atoms with van der Waals surface area (Å²) in [5.41, 5.74) is 5.57. The molecule has 2 aliphatic heterocycles. The molecule has 0 spiro atoms. The average molecular weight is 188 g/mol. The molecular formula is C8H13FN2O2. The summed E-state index contributed by atoms with van der Waals surface area (Å²) in [5.74, 6) is 0. The number of hydrogen-bond acceptors (Lipinski definition) is 2. The molecule has 2 fully saturated rings. The van der Waals surface area contributed by atoms with Gasteiger partial charge < -0.3 is 10.8 Å². The number of halogens is 1. The van der Waals surface area contributed by atoms with Crippen LogP contribution in [0.15, 0.2) is 0 Å².